The van der Waals surface area contributed by atoms with Crippen molar-refractivity contribution < 1.29 is 33.7 Å². The van der Waals surface area contributed by atoms with Crippen LogP contribution in [0.5, 0.6) is 0 Å². The van der Waals surface area contributed by atoms with Gasteiger partial charge >= 0.3 is 11.9 Å². The van der Waals surface area contributed by atoms with Crippen molar-refractivity contribution in [3.8, 4) is 0 Å². The summed E-state index contributed by atoms with van der Waals surface area (Å²) in [6.45, 7) is 0. The molecule has 0 rings (SSSR count). The van der Waals surface area contributed by atoms with Crippen LogP contribution in [-0.4, -0.2) is 47.4 Å². The van der Waals surface area contributed by atoms with E-state index in [4.69, 9.17) is 19.9 Å². The second-order valence-corrected chi connectivity index (χ2v) is 3.30. The molecule has 0 radical (unpaired) electrons. The van der Waals surface area contributed by atoms with E-state index in [2.05, 4.69) is 0 Å². The van der Waals surface area contributed by atoms with Crippen LogP contribution >= 0.6 is 0 Å². The number of aliphatic hydroxyl groups is 1. The van der Waals surface area contributed by atoms with E-state index < -0.39 is 40.8 Å². The zero-order chi connectivity index (χ0) is 10.6. The first-order valence-electron chi connectivity index (χ1n) is 3.03. The first kappa shape index (κ1) is 12.0. The monoisotopic (exact) mass is 212 g/mol. The van der Waals surface area contributed by atoms with Gasteiger partial charge in [0.25, 0.3) is 0 Å². The normalized spacial score (nSPS) is 17.4. The van der Waals surface area contributed by atoms with E-state index in [-0.39, 0.29) is 0 Å². The Balaban J connectivity index is 4.62. The van der Waals surface area contributed by atoms with Gasteiger partial charge in [0.15, 0.2) is 16.7 Å². The number of carboxylic acids is 2. The van der Waals surface area contributed by atoms with E-state index in [1.807, 2.05) is 0 Å². The van der Waals surface area contributed by atoms with E-state index in [0.29, 0.717) is 0 Å². The summed E-state index contributed by atoms with van der Waals surface area (Å²) in [5, 5.41) is 25.7. The molecule has 0 heterocycles. The lowest BCUT2D eigenvalue weighted by atomic mass is 10.0. The van der Waals surface area contributed by atoms with Gasteiger partial charge in [-0.25, -0.2) is 9.00 Å². The number of hydrogen-bond acceptors (Lipinski definition) is 4. The molecule has 0 saturated heterocycles. The highest BCUT2D eigenvalue weighted by molar-refractivity contribution is 7.79. The minimum absolute atomic E-state index is 1.03. The molecular formula is C5H8O7S. The van der Waals surface area contributed by atoms with Crippen LogP contribution in [0.15, 0.2) is 0 Å². The predicted octanol–water partition coefficient (Wildman–Crippen LogP) is -1.50. The lowest BCUT2D eigenvalue weighted by Crippen LogP contribution is -2.45. The van der Waals surface area contributed by atoms with Gasteiger partial charge in [-0.15, -0.1) is 0 Å². The highest BCUT2D eigenvalue weighted by Gasteiger charge is 2.40. The van der Waals surface area contributed by atoms with Crippen LogP contribution in [0.4, 0.5) is 0 Å². The van der Waals surface area contributed by atoms with E-state index in [1.165, 1.54) is 0 Å². The number of carboxylic acid groups (broad SMARTS) is 2. The average Bonchev–Trinajstić information content (AvgIpc) is 1.82. The number of hydrogen-bond donors (Lipinski definition) is 4. The van der Waals surface area contributed by atoms with Crippen molar-refractivity contribution in [1.29, 1.82) is 0 Å². The minimum Gasteiger partial charge on any atom is -0.481 e. The Morgan fingerprint density at radius 3 is 2.00 bits per heavy atom. The van der Waals surface area contributed by atoms with Gasteiger partial charge in [0.1, 0.15) is 0 Å². The van der Waals surface area contributed by atoms with Crippen LogP contribution < -0.4 is 0 Å². The zero-order valence-corrected chi connectivity index (χ0v) is 7.15. The Morgan fingerprint density at radius 2 is 1.77 bits per heavy atom. The molecule has 0 aliphatic heterocycles. The molecule has 0 aliphatic rings. The van der Waals surface area contributed by atoms with Gasteiger partial charge in [0.2, 0.25) is 0 Å². The van der Waals surface area contributed by atoms with Crippen molar-refractivity contribution >= 4 is 23.0 Å². The van der Waals surface area contributed by atoms with Crippen LogP contribution in [0.2, 0.25) is 0 Å². The van der Waals surface area contributed by atoms with Crippen molar-refractivity contribution in [1.82, 2.24) is 0 Å². The predicted molar refractivity (Wildman–Crippen MR) is 40.5 cm³/mol. The fourth-order valence-corrected chi connectivity index (χ4v) is 1.28. The molecule has 0 amide bonds. The SMILES string of the molecule is O=C(O)CC(O)(CS(=O)O)C(=O)O. The fourth-order valence-electron chi connectivity index (χ4n) is 0.643. The first-order chi connectivity index (χ1) is 5.78. The van der Waals surface area contributed by atoms with Gasteiger partial charge in [0.05, 0.1) is 12.2 Å². The van der Waals surface area contributed by atoms with Gasteiger partial charge in [-0.05, 0) is 0 Å². The number of carbonyl (C=O) groups is 2. The third-order valence-corrected chi connectivity index (χ3v) is 1.93. The van der Waals surface area contributed by atoms with Gasteiger partial charge in [0, 0.05) is 0 Å². The second kappa shape index (κ2) is 4.30. The number of rotatable bonds is 5. The Morgan fingerprint density at radius 1 is 1.31 bits per heavy atom. The largest absolute Gasteiger partial charge is 0.481 e. The van der Waals surface area contributed by atoms with E-state index in [0.717, 1.165) is 0 Å². The Kier molecular flexibility index (Phi) is 3.98. The van der Waals surface area contributed by atoms with Gasteiger partial charge < -0.3 is 19.9 Å². The fraction of sp³-hybridized carbons (Fsp3) is 0.600. The molecule has 0 fully saturated rings. The van der Waals surface area contributed by atoms with Crippen LogP contribution in [0.1, 0.15) is 6.42 Å². The molecule has 2 atom stereocenters. The quantitative estimate of drug-likeness (QED) is 0.407. The molecule has 2 unspecified atom stereocenters. The molecule has 0 aliphatic carbocycles. The standard InChI is InChI=1S/C5H8O7S/c6-3(7)1-5(10,4(8)9)2-13(11)12/h10H,1-2H2,(H,6,7)(H,8,9)(H,11,12). The first-order valence-corrected chi connectivity index (χ1v) is 4.30. The summed E-state index contributed by atoms with van der Waals surface area (Å²) in [4.78, 5) is 20.4. The van der Waals surface area contributed by atoms with Crippen molar-refractivity contribution in [3.63, 3.8) is 0 Å². The van der Waals surface area contributed by atoms with Gasteiger partial charge in [-0.2, -0.15) is 0 Å². The molecular weight excluding hydrogens is 204 g/mol. The van der Waals surface area contributed by atoms with Crippen LogP contribution in [0.25, 0.3) is 0 Å². The molecule has 0 aromatic carbocycles. The molecule has 0 bridgehead atoms. The molecule has 13 heavy (non-hydrogen) atoms. The topological polar surface area (TPSA) is 132 Å². The summed E-state index contributed by atoms with van der Waals surface area (Å²) in [5.41, 5.74) is -2.69. The highest BCUT2D eigenvalue weighted by atomic mass is 32.2. The summed E-state index contributed by atoms with van der Waals surface area (Å²) in [5.74, 6) is -4.43. The van der Waals surface area contributed by atoms with Gasteiger partial charge in [-0.1, -0.05) is 0 Å². The maximum absolute atomic E-state index is 10.3. The van der Waals surface area contributed by atoms with Crippen molar-refractivity contribution in [3.05, 3.63) is 0 Å². The lowest BCUT2D eigenvalue weighted by Gasteiger charge is -2.18. The maximum Gasteiger partial charge on any atom is 0.337 e. The van der Waals surface area contributed by atoms with E-state index in [9.17, 15) is 13.8 Å². The Hall–Kier alpha value is -0.990. The number of aliphatic carboxylic acids is 2. The molecule has 8 heteroatoms. The molecule has 76 valence electrons. The maximum atomic E-state index is 10.3. The second-order valence-electron chi connectivity index (χ2n) is 2.37. The summed E-state index contributed by atoms with van der Waals surface area (Å²) in [6, 6.07) is 0. The molecule has 0 spiro atoms. The lowest BCUT2D eigenvalue weighted by molar-refractivity contribution is -0.162. The molecule has 4 N–H and O–H groups in total. The summed E-state index contributed by atoms with van der Waals surface area (Å²) >= 11 is -2.57. The highest BCUT2D eigenvalue weighted by Crippen LogP contribution is 2.12. The Labute approximate surface area is 75.3 Å². The van der Waals surface area contributed by atoms with Crippen LogP contribution in [-0.2, 0) is 20.7 Å². The average molecular weight is 212 g/mol. The summed E-state index contributed by atoms with van der Waals surface area (Å²) in [7, 11) is 0. The zero-order valence-electron chi connectivity index (χ0n) is 6.34. The van der Waals surface area contributed by atoms with E-state index in [1.54, 1.807) is 0 Å². The van der Waals surface area contributed by atoms with Crippen molar-refractivity contribution in [2.24, 2.45) is 0 Å². The third kappa shape index (κ3) is 3.97. The third-order valence-electron chi connectivity index (χ3n) is 1.20. The molecule has 0 saturated carbocycles. The minimum atomic E-state index is -2.69. The van der Waals surface area contributed by atoms with Crippen molar-refractivity contribution in [2.45, 2.75) is 12.0 Å². The van der Waals surface area contributed by atoms with E-state index >= 15 is 0 Å². The molecule has 0 aromatic rings. The van der Waals surface area contributed by atoms with Gasteiger partial charge in [-0.3, -0.25) is 4.79 Å². The molecule has 0 aromatic heterocycles. The van der Waals surface area contributed by atoms with Crippen LogP contribution in [0.3, 0.4) is 0 Å². The smallest absolute Gasteiger partial charge is 0.337 e. The summed E-state index contributed by atoms with van der Waals surface area (Å²) < 4.78 is 18.5. The van der Waals surface area contributed by atoms with Crippen molar-refractivity contribution in [2.75, 3.05) is 5.75 Å². The van der Waals surface area contributed by atoms with Crippen LogP contribution in [0, 0.1) is 0 Å². The summed E-state index contributed by atoms with van der Waals surface area (Å²) in [6.07, 6.45) is -1.12. The Bertz CT molecular complexity index is 231. The molecule has 7 nitrogen and oxygen atoms in total.